The van der Waals surface area contributed by atoms with Gasteiger partial charge in [0.1, 0.15) is 0 Å². The van der Waals surface area contributed by atoms with Crippen LogP contribution < -0.4 is 15.8 Å². The fraction of sp³-hybridized carbons (Fsp3) is 0.562. The molecule has 0 saturated heterocycles. The lowest BCUT2D eigenvalue weighted by atomic mass is 9.86. The van der Waals surface area contributed by atoms with E-state index in [0.29, 0.717) is 23.6 Å². The highest BCUT2D eigenvalue weighted by molar-refractivity contribution is 7.89. The summed E-state index contributed by atoms with van der Waals surface area (Å²) >= 11 is 5.35. The molecule has 0 aliphatic heterocycles. The standard InChI is InChI=1S/C16H25N3O2S2/c1-12-4-2-3-5-15(12)19-16(22)18-11-10-13-6-8-14(9-7-13)23(17,20)21/h6-9,12,15H,2-5,10-11H2,1H3,(H2,17,20,21)(H2,18,19,22)/t12-,15-/m1/s1. The SMILES string of the molecule is C[C@@H]1CCCC[C@H]1NC(=S)NCCc1ccc(S(N)(=O)=O)cc1. The van der Waals surface area contributed by atoms with Crippen molar-refractivity contribution in [3.63, 3.8) is 0 Å². The molecule has 1 aliphatic carbocycles. The number of hydrogen-bond donors (Lipinski definition) is 3. The van der Waals surface area contributed by atoms with Gasteiger partial charge in [-0.1, -0.05) is 31.9 Å². The molecule has 1 aromatic rings. The summed E-state index contributed by atoms with van der Waals surface area (Å²) in [6.07, 6.45) is 5.79. The van der Waals surface area contributed by atoms with Gasteiger partial charge in [0.25, 0.3) is 0 Å². The van der Waals surface area contributed by atoms with Crippen LogP contribution >= 0.6 is 12.2 Å². The topological polar surface area (TPSA) is 84.2 Å². The lowest BCUT2D eigenvalue weighted by Crippen LogP contribution is -2.46. The predicted octanol–water partition coefficient (Wildman–Crippen LogP) is 1.92. The first-order valence-corrected chi connectivity index (χ1v) is 9.98. The van der Waals surface area contributed by atoms with Crippen molar-refractivity contribution >= 4 is 27.4 Å². The lowest BCUT2D eigenvalue weighted by Gasteiger charge is -2.30. The number of rotatable bonds is 5. The first-order chi connectivity index (χ1) is 10.9. The Morgan fingerprint density at radius 2 is 1.91 bits per heavy atom. The van der Waals surface area contributed by atoms with Gasteiger partial charge >= 0.3 is 0 Å². The van der Waals surface area contributed by atoms with Crippen LogP contribution in [0.2, 0.25) is 0 Å². The van der Waals surface area contributed by atoms with Gasteiger partial charge in [-0.05, 0) is 55.1 Å². The molecule has 0 radical (unpaired) electrons. The van der Waals surface area contributed by atoms with Crippen molar-refractivity contribution in [2.75, 3.05) is 6.54 Å². The van der Waals surface area contributed by atoms with E-state index in [-0.39, 0.29) is 4.90 Å². The summed E-state index contributed by atoms with van der Waals surface area (Å²) in [5.41, 5.74) is 1.04. The molecule has 1 saturated carbocycles. The van der Waals surface area contributed by atoms with Crippen LogP contribution in [-0.2, 0) is 16.4 Å². The minimum absolute atomic E-state index is 0.137. The number of benzene rings is 1. The highest BCUT2D eigenvalue weighted by Crippen LogP contribution is 2.23. The average Bonchev–Trinajstić information content (AvgIpc) is 2.49. The Morgan fingerprint density at radius 3 is 2.52 bits per heavy atom. The van der Waals surface area contributed by atoms with Crippen LogP contribution in [-0.4, -0.2) is 26.1 Å². The van der Waals surface area contributed by atoms with Crippen molar-refractivity contribution in [2.24, 2.45) is 11.1 Å². The van der Waals surface area contributed by atoms with E-state index < -0.39 is 10.0 Å². The lowest BCUT2D eigenvalue weighted by molar-refractivity contribution is 0.308. The van der Waals surface area contributed by atoms with E-state index in [0.717, 1.165) is 12.0 Å². The highest BCUT2D eigenvalue weighted by Gasteiger charge is 2.21. The second kappa shape index (κ2) is 8.08. The monoisotopic (exact) mass is 355 g/mol. The van der Waals surface area contributed by atoms with E-state index in [4.69, 9.17) is 17.4 Å². The van der Waals surface area contributed by atoms with E-state index in [2.05, 4.69) is 17.6 Å². The van der Waals surface area contributed by atoms with Gasteiger partial charge in [0.2, 0.25) is 10.0 Å². The van der Waals surface area contributed by atoms with Crippen LogP contribution in [0.3, 0.4) is 0 Å². The van der Waals surface area contributed by atoms with E-state index in [9.17, 15) is 8.42 Å². The van der Waals surface area contributed by atoms with Gasteiger partial charge in [-0.25, -0.2) is 13.6 Å². The molecule has 128 valence electrons. The van der Waals surface area contributed by atoms with E-state index in [1.807, 2.05) is 0 Å². The Kier molecular flexibility index (Phi) is 6.38. The maximum absolute atomic E-state index is 11.2. The quantitative estimate of drug-likeness (QED) is 0.703. The minimum Gasteiger partial charge on any atom is -0.362 e. The Bertz CT molecular complexity index is 629. The normalized spacial score (nSPS) is 21.7. The van der Waals surface area contributed by atoms with Gasteiger partial charge in [0.15, 0.2) is 5.11 Å². The zero-order chi connectivity index (χ0) is 16.9. The zero-order valence-electron chi connectivity index (χ0n) is 13.4. The van der Waals surface area contributed by atoms with Crippen molar-refractivity contribution < 1.29 is 8.42 Å². The number of thiocarbonyl (C=S) groups is 1. The molecule has 0 aromatic heterocycles. The first-order valence-electron chi connectivity index (χ1n) is 8.02. The third-order valence-corrected chi connectivity index (χ3v) is 5.57. The molecule has 7 heteroatoms. The molecule has 5 nitrogen and oxygen atoms in total. The van der Waals surface area contributed by atoms with E-state index in [1.165, 1.54) is 37.8 Å². The summed E-state index contributed by atoms with van der Waals surface area (Å²) < 4.78 is 22.4. The maximum atomic E-state index is 11.2. The number of nitrogens with one attached hydrogen (secondary N) is 2. The van der Waals surface area contributed by atoms with Gasteiger partial charge in [-0.15, -0.1) is 0 Å². The molecule has 2 rings (SSSR count). The summed E-state index contributed by atoms with van der Waals surface area (Å²) in [5, 5.41) is 12.4. The van der Waals surface area contributed by atoms with Gasteiger partial charge in [0.05, 0.1) is 4.90 Å². The summed E-state index contributed by atoms with van der Waals surface area (Å²) in [7, 11) is -3.62. The second-order valence-electron chi connectivity index (χ2n) is 6.21. The average molecular weight is 356 g/mol. The van der Waals surface area contributed by atoms with Crippen LogP contribution in [0.1, 0.15) is 38.2 Å². The second-order valence-corrected chi connectivity index (χ2v) is 8.18. The van der Waals surface area contributed by atoms with Crippen LogP contribution in [0.5, 0.6) is 0 Å². The van der Waals surface area contributed by atoms with Crippen molar-refractivity contribution in [1.82, 2.24) is 10.6 Å². The Hall–Kier alpha value is -1.18. The van der Waals surface area contributed by atoms with Crippen LogP contribution in [0.15, 0.2) is 29.2 Å². The molecule has 23 heavy (non-hydrogen) atoms. The Labute approximate surface area is 144 Å². The molecule has 0 amide bonds. The third-order valence-electron chi connectivity index (χ3n) is 4.38. The molecule has 1 aromatic carbocycles. The number of sulfonamides is 1. The molecule has 2 atom stereocenters. The first kappa shape index (κ1) is 18.2. The fourth-order valence-corrected chi connectivity index (χ4v) is 3.69. The number of hydrogen-bond acceptors (Lipinski definition) is 3. The van der Waals surface area contributed by atoms with Gasteiger partial charge in [-0.3, -0.25) is 0 Å². The maximum Gasteiger partial charge on any atom is 0.238 e. The van der Waals surface area contributed by atoms with Crippen molar-refractivity contribution in [1.29, 1.82) is 0 Å². The van der Waals surface area contributed by atoms with E-state index >= 15 is 0 Å². The Morgan fingerprint density at radius 1 is 1.26 bits per heavy atom. The third kappa shape index (κ3) is 5.75. The van der Waals surface area contributed by atoms with Gasteiger partial charge in [0, 0.05) is 12.6 Å². The van der Waals surface area contributed by atoms with Crippen molar-refractivity contribution in [2.45, 2.75) is 50.0 Å². The van der Waals surface area contributed by atoms with Crippen LogP contribution in [0.25, 0.3) is 0 Å². The number of primary sulfonamides is 1. The fourth-order valence-electron chi connectivity index (χ4n) is 2.92. The smallest absolute Gasteiger partial charge is 0.238 e. The zero-order valence-corrected chi connectivity index (χ0v) is 15.1. The molecule has 1 fully saturated rings. The van der Waals surface area contributed by atoms with Crippen LogP contribution in [0.4, 0.5) is 0 Å². The summed E-state index contributed by atoms with van der Waals surface area (Å²) in [5.74, 6) is 0.661. The van der Waals surface area contributed by atoms with E-state index in [1.54, 1.807) is 12.1 Å². The highest BCUT2D eigenvalue weighted by atomic mass is 32.2. The Balaban J connectivity index is 1.75. The molecule has 0 unspecified atom stereocenters. The summed E-state index contributed by atoms with van der Waals surface area (Å²) in [4.78, 5) is 0.137. The largest absolute Gasteiger partial charge is 0.362 e. The van der Waals surface area contributed by atoms with Gasteiger partial charge < -0.3 is 10.6 Å². The van der Waals surface area contributed by atoms with Gasteiger partial charge in [-0.2, -0.15) is 0 Å². The molecular weight excluding hydrogens is 330 g/mol. The molecule has 4 N–H and O–H groups in total. The molecular formula is C16H25N3O2S2. The number of nitrogens with two attached hydrogens (primary N) is 1. The minimum atomic E-state index is -3.62. The molecule has 0 heterocycles. The van der Waals surface area contributed by atoms with Crippen molar-refractivity contribution in [3.05, 3.63) is 29.8 Å². The molecule has 0 spiro atoms. The predicted molar refractivity (Wildman–Crippen MR) is 96.7 cm³/mol. The molecule has 0 bridgehead atoms. The van der Waals surface area contributed by atoms with Crippen LogP contribution in [0, 0.1) is 5.92 Å². The summed E-state index contributed by atoms with van der Waals surface area (Å²) in [6, 6.07) is 7.09. The molecule has 1 aliphatic rings. The summed E-state index contributed by atoms with van der Waals surface area (Å²) in [6.45, 7) is 2.98. The van der Waals surface area contributed by atoms with Crippen molar-refractivity contribution in [3.8, 4) is 0 Å².